The van der Waals surface area contributed by atoms with Crippen molar-refractivity contribution < 1.29 is 19.1 Å². The van der Waals surface area contributed by atoms with E-state index in [1.165, 1.54) is 5.23 Å². The van der Waals surface area contributed by atoms with E-state index in [0.29, 0.717) is 25.9 Å². The van der Waals surface area contributed by atoms with Crippen LogP contribution in [0.25, 0.3) is 0 Å². The highest BCUT2D eigenvalue weighted by atomic mass is 16.9. The molecular weight excluding hydrogens is 174 g/mol. The zero-order chi connectivity index (χ0) is 9.52. The first-order valence-electron chi connectivity index (χ1n) is 4.42. The van der Waals surface area contributed by atoms with Crippen molar-refractivity contribution in [3.8, 4) is 0 Å². The van der Waals surface area contributed by atoms with Crippen LogP contribution in [0.5, 0.6) is 0 Å². The summed E-state index contributed by atoms with van der Waals surface area (Å²) in [6, 6.07) is 0. The second-order valence-electron chi connectivity index (χ2n) is 2.81. The summed E-state index contributed by atoms with van der Waals surface area (Å²) in [4.78, 5) is 9.74. The van der Waals surface area contributed by atoms with E-state index in [9.17, 15) is 0 Å². The molecule has 1 fully saturated rings. The average molecular weight is 191 g/mol. The van der Waals surface area contributed by atoms with Gasteiger partial charge in [0.2, 0.25) is 0 Å². The largest absolute Gasteiger partial charge is 0.379 e. The molecule has 1 saturated heterocycles. The molecule has 0 bridgehead atoms. The zero-order valence-corrected chi connectivity index (χ0v) is 8.19. The first-order chi connectivity index (χ1) is 6.36. The number of hydroxylamine groups is 2. The highest BCUT2D eigenvalue weighted by Gasteiger charge is 2.21. The summed E-state index contributed by atoms with van der Waals surface area (Å²) in [5.41, 5.74) is 0. The second-order valence-corrected chi connectivity index (χ2v) is 2.81. The van der Waals surface area contributed by atoms with E-state index in [-0.39, 0.29) is 0 Å². The maximum atomic E-state index is 5.33. The minimum atomic E-state index is 0.348. The van der Waals surface area contributed by atoms with Crippen LogP contribution in [0.15, 0.2) is 0 Å². The van der Waals surface area contributed by atoms with Crippen LogP contribution in [0.1, 0.15) is 6.42 Å². The lowest BCUT2D eigenvalue weighted by Crippen LogP contribution is -2.23. The topological polar surface area (TPSA) is 43.5 Å². The smallest absolute Gasteiger partial charge is 0.104 e. The van der Waals surface area contributed by atoms with E-state index < -0.39 is 0 Å². The Kier molecular flexibility index (Phi) is 5.26. The third kappa shape index (κ3) is 5.17. The van der Waals surface area contributed by atoms with Gasteiger partial charge in [0, 0.05) is 6.61 Å². The maximum absolute atomic E-state index is 5.33. The summed E-state index contributed by atoms with van der Waals surface area (Å²) >= 11 is 0. The Balaban J connectivity index is 1.81. The Labute approximate surface area is 78.4 Å². The molecule has 1 rings (SSSR count). The summed E-state index contributed by atoms with van der Waals surface area (Å²) in [6.07, 6.45) is 1.23. The molecule has 0 saturated carbocycles. The summed E-state index contributed by atoms with van der Waals surface area (Å²) in [7, 11) is 3.14. The van der Waals surface area contributed by atoms with Gasteiger partial charge in [-0.15, -0.1) is 0 Å². The molecule has 0 radical (unpaired) electrons. The summed E-state index contributed by atoms with van der Waals surface area (Å²) in [6.45, 7) is 2.98. The molecule has 0 spiro atoms. The lowest BCUT2D eigenvalue weighted by atomic mass is 10.4. The molecule has 0 aromatic rings. The van der Waals surface area contributed by atoms with Gasteiger partial charge in [-0.1, -0.05) is 5.23 Å². The molecule has 1 aliphatic heterocycles. The van der Waals surface area contributed by atoms with Gasteiger partial charge in [0.15, 0.2) is 0 Å². The zero-order valence-electron chi connectivity index (χ0n) is 8.19. The van der Waals surface area contributed by atoms with Gasteiger partial charge in [0.25, 0.3) is 0 Å². The third-order valence-electron chi connectivity index (χ3n) is 1.74. The molecule has 1 atom stereocenters. The third-order valence-corrected chi connectivity index (χ3v) is 1.74. The van der Waals surface area contributed by atoms with Crippen LogP contribution < -0.4 is 0 Å². The molecular formula is C8H17NO4. The van der Waals surface area contributed by atoms with Gasteiger partial charge in [-0.3, -0.25) is 9.68 Å². The van der Waals surface area contributed by atoms with Crippen molar-refractivity contribution >= 4 is 0 Å². The normalized spacial score (nSPS) is 21.0. The van der Waals surface area contributed by atoms with Crippen LogP contribution in [0.4, 0.5) is 0 Å². The fourth-order valence-electron chi connectivity index (χ4n) is 0.932. The van der Waals surface area contributed by atoms with Crippen LogP contribution in [-0.4, -0.2) is 51.9 Å². The number of epoxide rings is 1. The molecule has 0 aliphatic carbocycles. The molecule has 0 aromatic heterocycles. The molecule has 13 heavy (non-hydrogen) atoms. The standard InChI is InChI=1S/C8H17NO4/c1-10-9(11-2)4-3-5-12-6-8-7-13-8/h8H,3-7H2,1-2H3. The molecule has 78 valence electrons. The Morgan fingerprint density at radius 2 is 2.08 bits per heavy atom. The predicted molar refractivity (Wildman–Crippen MR) is 45.9 cm³/mol. The Morgan fingerprint density at radius 1 is 1.38 bits per heavy atom. The fourth-order valence-corrected chi connectivity index (χ4v) is 0.932. The van der Waals surface area contributed by atoms with Gasteiger partial charge in [-0.25, -0.2) is 0 Å². The van der Waals surface area contributed by atoms with Crippen LogP contribution in [0.2, 0.25) is 0 Å². The molecule has 0 aromatic carbocycles. The number of ether oxygens (including phenoxy) is 2. The minimum absolute atomic E-state index is 0.348. The first-order valence-corrected chi connectivity index (χ1v) is 4.42. The van der Waals surface area contributed by atoms with Crippen molar-refractivity contribution in [1.29, 1.82) is 0 Å². The second kappa shape index (κ2) is 6.28. The highest BCUT2D eigenvalue weighted by Crippen LogP contribution is 2.08. The van der Waals surface area contributed by atoms with Crippen LogP contribution >= 0.6 is 0 Å². The summed E-state index contributed by atoms with van der Waals surface area (Å²) in [5.74, 6) is 0. The SMILES string of the molecule is CON(CCCOCC1CO1)OC. The Hall–Kier alpha value is -0.200. The van der Waals surface area contributed by atoms with E-state index >= 15 is 0 Å². The Morgan fingerprint density at radius 3 is 2.62 bits per heavy atom. The van der Waals surface area contributed by atoms with E-state index in [0.717, 1.165) is 13.0 Å². The van der Waals surface area contributed by atoms with Gasteiger partial charge >= 0.3 is 0 Å². The van der Waals surface area contributed by atoms with Crippen molar-refractivity contribution in [2.24, 2.45) is 0 Å². The molecule has 5 heteroatoms. The van der Waals surface area contributed by atoms with E-state index in [1.807, 2.05) is 0 Å². The van der Waals surface area contributed by atoms with Gasteiger partial charge in [-0.05, 0) is 6.42 Å². The van der Waals surface area contributed by atoms with E-state index in [4.69, 9.17) is 19.1 Å². The van der Waals surface area contributed by atoms with Gasteiger partial charge in [-0.2, -0.15) is 0 Å². The molecule has 1 heterocycles. The van der Waals surface area contributed by atoms with Crippen LogP contribution in [0, 0.1) is 0 Å². The van der Waals surface area contributed by atoms with Crippen molar-refractivity contribution in [2.45, 2.75) is 12.5 Å². The van der Waals surface area contributed by atoms with Crippen LogP contribution in [0.3, 0.4) is 0 Å². The quantitative estimate of drug-likeness (QED) is 0.312. The number of hydrogen-bond donors (Lipinski definition) is 0. The molecule has 0 N–H and O–H groups in total. The number of hydrogen-bond acceptors (Lipinski definition) is 5. The number of nitrogens with zero attached hydrogens (tertiary/aromatic N) is 1. The summed E-state index contributed by atoms with van der Waals surface area (Å²) in [5, 5.41) is 1.41. The maximum Gasteiger partial charge on any atom is 0.104 e. The van der Waals surface area contributed by atoms with Crippen molar-refractivity contribution in [3.63, 3.8) is 0 Å². The average Bonchev–Trinajstić information content (AvgIpc) is 2.95. The first kappa shape index (κ1) is 10.9. The molecule has 5 nitrogen and oxygen atoms in total. The minimum Gasteiger partial charge on any atom is -0.379 e. The highest BCUT2D eigenvalue weighted by molar-refractivity contribution is 4.66. The fraction of sp³-hybridized carbons (Fsp3) is 1.00. The molecule has 1 unspecified atom stereocenters. The molecule has 1 aliphatic rings. The van der Waals surface area contributed by atoms with Gasteiger partial charge in [0.05, 0.1) is 34.0 Å². The van der Waals surface area contributed by atoms with Crippen molar-refractivity contribution in [2.75, 3.05) is 40.6 Å². The van der Waals surface area contributed by atoms with Crippen LogP contribution in [-0.2, 0) is 19.1 Å². The predicted octanol–water partition coefficient (Wildman–Crippen LogP) is 0.217. The van der Waals surface area contributed by atoms with Crippen molar-refractivity contribution in [3.05, 3.63) is 0 Å². The number of rotatable bonds is 8. The van der Waals surface area contributed by atoms with E-state index in [1.54, 1.807) is 14.2 Å². The summed E-state index contributed by atoms with van der Waals surface area (Å²) < 4.78 is 10.3. The lowest BCUT2D eigenvalue weighted by Gasteiger charge is -2.15. The van der Waals surface area contributed by atoms with Gasteiger partial charge in [0.1, 0.15) is 6.10 Å². The van der Waals surface area contributed by atoms with Crippen molar-refractivity contribution in [1.82, 2.24) is 5.23 Å². The molecule has 0 amide bonds. The monoisotopic (exact) mass is 191 g/mol. The Bertz CT molecular complexity index is 125. The van der Waals surface area contributed by atoms with E-state index in [2.05, 4.69) is 0 Å². The van der Waals surface area contributed by atoms with Gasteiger partial charge < -0.3 is 9.47 Å². The lowest BCUT2D eigenvalue weighted by molar-refractivity contribution is -0.343.